The van der Waals surface area contributed by atoms with Crippen molar-refractivity contribution in [3.8, 4) is 11.5 Å². The number of ketones is 2. The molecule has 20 heavy (non-hydrogen) atoms. The van der Waals surface area contributed by atoms with Gasteiger partial charge in [0, 0.05) is 0 Å². The van der Waals surface area contributed by atoms with Crippen molar-refractivity contribution in [2.75, 3.05) is 0 Å². The summed E-state index contributed by atoms with van der Waals surface area (Å²) in [6, 6.07) is 13.0. The fourth-order valence-corrected chi connectivity index (χ4v) is 1.54. The molecule has 2 aromatic rings. The van der Waals surface area contributed by atoms with Crippen molar-refractivity contribution in [1.82, 2.24) is 0 Å². The van der Waals surface area contributed by atoms with Crippen LogP contribution in [0, 0.1) is 0 Å². The van der Waals surface area contributed by atoms with Gasteiger partial charge in [-0.3, -0.25) is 9.59 Å². The van der Waals surface area contributed by atoms with Crippen molar-refractivity contribution in [3.05, 3.63) is 59.7 Å². The van der Waals surface area contributed by atoms with Crippen LogP contribution in [-0.2, 0) is 0 Å². The molecular weight excluding hydrogens is 256 g/mol. The molecule has 0 fully saturated rings. The second kappa shape index (κ2) is 7.09. The number of carbonyl (C=O) groups excluding carboxylic acids is 2. The van der Waals surface area contributed by atoms with Gasteiger partial charge in [-0.1, -0.05) is 24.3 Å². The monoisotopic (exact) mass is 272 g/mol. The molecule has 0 aliphatic heterocycles. The molecule has 0 heterocycles. The van der Waals surface area contributed by atoms with E-state index in [1.807, 2.05) is 0 Å². The molecule has 0 atom stereocenters. The Kier molecular flexibility index (Phi) is 5.47. The van der Waals surface area contributed by atoms with E-state index in [0.717, 1.165) is 0 Å². The minimum absolute atomic E-state index is 0.0509. The molecule has 2 rings (SSSR count). The maximum Gasteiger partial charge on any atom is 0.163 e. The molecule has 2 aromatic carbocycles. The smallest absolute Gasteiger partial charge is 0.163 e. The number of phenols is 2. The summed E-state index contributed by atoms with van der Waals surface area (Å²) >= 11 is 0. The van der Waals surface area contributed by atoms with E-state index in [1.165, 1.54) is 26.0 Å². The third-order valence-corrected chi connectivity index (χ3v) is 2.57. The standard InChI is InChI=1S/2C8H8O2/c2*1-6(9)7-4-2-3-5-8(7)10/h2*2-5,10H,1H3. The second-order valence-corrected chi connectivity index (χ2v) is 4.15. The highest BCUT2D eigenvalue weighted by molar-refractivity contribution is 5.97. The summed E-state index contributed by atoms with van der Waals surface area (Å²) in [5.41, 5.74) is 0.755. The van der Waals surface area contributed by atoms with Crippen LogP contribution < -0.4 is 0 Å². The Hall–Kier alpha value is -2.62. The lowest BCUT2D eigenvalue weighted by Crippen LogP contribution is -1.90. The number of rotatable bonds is 2. The molecule has 0 unspecified atom stereocenters. The van der Waals surface area contributed by atoms with E-state index in [2.05, 4.69) is 0 Å². The predicted octanol–water partition coefficient (Wildman–Crippen LogP) is 3.19. The van der Waals surface area contributed by atoms with E-state index in [1.54, 1.807) is 36.4 Å². The average molecular weight is 272 g/mol. The molecule has 0 bridgehead atoms. The van der Waals surface area contributed by atoms with Gasteiger partial charge in [0.2, 0.25) is 0 Å². The van der Waals surface area contributed by atoms with E-state index in [4.69, 9.17) is 10.2 Å². The Balaban J connectivity index is 0.000000200. The number of benzene rings is 2. The lowest BCUT2D eigenvalue weighted by molar-refractivity contribution is 0.100. The Bertz CT molecular complexity index is 562. The fraction of sp³-hybridized carbons (Fsp3) is 0.125. The maximum atomic E-state index is 10.7. The molecule has 4 nitrogen and oxygen atoms in total. The lowest BCUT2D eigenvalue weighted by Gasteiger charge is -1.96. The molecule has 0 spiro atoms. The van der Waals surface area contributed by atoms with Gasteiger partial charge in [0.15, 0.2) is 11.6 Å². The highest BCUT2D eigenvalue weighted by Crippen LogP contribution is 2.15. The molecule has 0 aliphatic carbocycles. The summed E-state index contributed by atoms with van der Waals surface area (Å²) in [6.45, 7) is 2.85. The van der Waals surface area contributed by atoms with Gasteiger partial charge in [-0.05, 0) is 38.1 Å². The second-order valence-electron chi connectivity index (χ2n) is 4.15. The van der Waals surface area contributed by atoms with E-state index in [-0.39, 0.29) is 23.1 Å². The first-order chi connectivity index (χ1) is 9.43. The zero-order chi connectivity index (χ0) is 15.1. The van der Waals surface area contributed by atoms with Gasteiger partial charge in [-0.25, -0.2) is 0 Å². The fourth-order valence-electron chi connectivity index (χ4n) is 1.54. The first-order valence-electron chi connectivity index (χ1n) is 6.01. The number of carbonyl (C=O) groups is 2. The molecule has 0 aliphatic rings. The molecular formula is C16H16O4. The van der Waals surface area contributed by atoms with E-state index in [9.17, 15) is 9.59 Å². The lowest BCUT2D eigenvalue weighted by atomic mass is 10.1. The quantitative estimate of drug-likeness (QED) is 0.823. The Morgan fingerprint density at radius 1 is 0.700 bits per heavy atom. The third-order valence-electron chi connectivity index (χ3n) is 2.57. The number of hydrogen-bond acceptors (Lipinski definition) is 4. The van der Waals surface area contributed by atoms with Crippen molar-refractivity contribution < 1.29 is 19.8 Å². The van der Waals surface area contributed by atoms with Crippen LogP contribution in [0.25, 0.3) is 0 Å². The van der Waals surface area contributed by atoms with Crippen molar-refractivity contribution in [3.63, 3.8) is 0 Å². The zero-order valence-electron chi connectivity index (χ0n) is 11.3. The summed E-state index contributed by atoms with van der Waals surface area (Å²) < 4.78 is 0. The van der Waals surface area contributed by atoms with Crippen LogP contribution in [0.2, 0.25) is 0 Å². The van der Waals surface area contributed by atoms with Gasteiger partial charge in [-0.2, -0.15) is 0 Å². The van der Waals surface area contributed by atoms with Gasteiger partial charge in [0.05, 0.1) is 11.1 Å². The highest BCUT2D eigenvalue weighted by atomic mass is 16.3. The molecule has 0 aromatic heterocycles. The summed E-state index contributed by atoms with van der Waals surface area (Å²) in [6.07, 6.45) is 0. The molecule has 0 amide bonds. The number of hydrogen-bond donors (Lipinski definition) is 2. The van der Waals surface area contributed by atoms with Crippen LogP contribution in [0.1, 0.15) is 34.6 Å². The van der Waals surface area contributed by atoms with Gasteiger partial charge in [-0.15, -0.1) is 0 Å². The van der Waals surface area contributed by atoms with Gasteiger partial charge in [0.25, 0.3) is 0 Å². The van der Waals surface area contributed by atoms with E-state index < -0.39 is 0 Å². The third kappa shape index (κ3) is 4.24. The zero-order valence-corrected chi connectivity index (χ0v) is 11.3. The summed E-state index contributed by atoms with van der Waals surface area (Å²) in [5, 5.41) is 18.1. The number of phenolic OH excluding ortho intramolecular Hbond substituents is 2. The minimum Gasteiger partial charge on any atom is -0.507 e. The van der Waals surface area contributed by atoms with Crippen molar-refractivity contribution in [1.29, 1.82) is 0 Å². The Morgan fingerprint density at radius 3 is 1.20 bits per heavy atom. The topological polar surface area (TPSA) is 74.6 Å². The van der Waals surface area contributed by atoms with Crippen molar-refractivity contribution in [2.45, 2.75) is 13.8 Å². The number of aromatic hydroxyl groups is 2. The number of Topliss-reactive ketones (excluding diaryl/α,β-unsaturated/α-hetero) is 2. The van der Waals surface area contributed by atoms with Crippen LogP contribution in [-0.4, -0.2) is 21.8 Å². The predicted molar refractivity (Wildman–Crippen MR) is 76.2 cm³/mol. The Morgan fingerprint density at radius 2 is 1.00 bits per heavy atom. The molecule has 4 heteroatoms. The largest absolute Gasteiger partial charge is 0.507 e. The normalized spacial score (nSPS) is 9.30. The average Bonchev–Trinajstić information content (AvgIpc) is 2.40. The van der Waals surface area contributed by atoms with Crippen LogP contribution >= 0.6 is 0 Å². The van der Waals surface area contributed by atoms with Crippen molar-refractivity contribution in [2.24, 2.45) is 0 Å². The van der Waals surface area contributed by atoms with E-state index in [0.29, 0.717) is 11.1 Å². The van der Waals surface area contributed by atoms with Crippen LogP contribution in [0.4, 0.5) is 0 Å². The maximum absolute atomic E-state index is 10.7. The molecule has 0 saturated heterocycles. The molecule has 2 N–H and O–H groups in total. The van der Waals surface area contributed by atoms with Gasteiger partial charge in [0.1, 0.15) is 11.5 Å². The SMILES string of the molecule is CC(=O)c1ccccc1O.CC(=O)c1ccccc1O. The van der Waals surface area contributed by atoms with Crippen LogP contribution in [0.15, 0.2) is 48.5 Å². The molecule has 0 saturated carbocycles. The highest BCUT2D eigenvalue weighted by Gasteiger charge is 2.03. The summed E-state index contributed by atoms with van der Waals surface area (Å²) in [4.78, 5) is 21.4. The van der Waals surface area contributed by atoms with Crippen LogP contribution in [0.3, 0.4) is 0 Å². The number of para-hydroxylation sites is 2. The Labute approximate surface area is 117 Å². The van der Waals surface area contributed by atoms with Gasteiger partial charge >= 0.3 is 0 Å². The molecule has 104 valence electrons. The van der Waals surface area contributed by atoms with Gasteiger partial charge < -0.3 is 10.2 Å². The van der Waals surface area contributed by atoms with E-state index >= 15 is 0 Å². The molecule has 0 radical (unpaired) electrons. The summed E-state index contributed by atoms with van der Waals surface area (Å²) in [5.74, 6) is -0.124. The van der Waals surface area contributed by atoms with Crippen molar-refractivity contribution >= 4 is 11.6 Å². The summed E-state index contributed by atoms with van der Waals surface area (Å²) in [7, 11) is 0. The van der Waals surface area contributed by atoms with Crippen LogP contribution in [0.5, 0.6) is 11.5 Å². The first-order valence-corrected chi connectivity index (χ1v) is 6.01. The minimum atomic E-state index is -0.113. The first kappa shape index (κ1) is 15.4.